The maximum absolute atomic E-state index is 14.5. The molecular formula is C36H48N6O9S. The van der Waals surface area contributed by atoms with Gasteiger partial charge in [-0.05, 0) is 56.3 Å². The zero-order valence-electron chi connectivity index (χ0n) is 30.0. The quantitative estimate of drug-likeness (QED) is 0.272. The van der Waals surface area contributed by atoms with Crippen molar-refractivity contribution in [2.24, 2.45) is 11.3 Å². The Morgan fingerprint density at radius 1 is 1.00 bits per heavy atom. The number of alkyl carbamates (subject to hydrolysis) is 1. The van der Waals surface area contributed by atoms with Gasteiger partial charge in [-0.15, -0.1) is 0 Å². The van der Waals surface area contributed by atoms with Gasteiger partial charge in [0.25, 0.3) is 5.91 Å². The SMILES string of the molecule is CCC1C[C@]1(NC(=O)[C@@H]1C[C@@H](Oc2ccnc(-c3ccccc3)n2)CN1C(=O)[C@@H](NC(=O)OC1CCCC1)C(C)(C)C)C(=O)NS(=O)(=O)OC1CC1. The number of carbonyl (C=O) groups is 4. The second-order valence-corrected chi connectivity index (χ2v) is 16.6. The molecule has 15 nitrogen and oxygen atoms in total. The molecule has 1 aromatic carbocycles. The first kappa shape index (κ1) is 37.4. The number of aromatic nitrogens is 2. The number of hydrogen-bond donors (Lipinski definition) is 3. The van der Waals surface area contributed by atoms with E-state index >= 15 is 0 Å². The summed E-state index contributed by atoms with van der Waals surface area (Å²) in [5, 5.41) is 5.57. The summed E-state index contributed by atoms with van der Waals surface area (Å²) in [6, 6.07) is 8.72. The average molecular weight is 741 g/mol. The Balaban J connectivity index is 1.24. The zero-order valence-corrected chi connectivity index (χ0v) is 30.8. The van der Waals surface area contributed by atoms with Crippen LogP contribution in [-0.2, 0) is 33.6 Å². The number of carbonyl (C=O) groups excluding carboxylic acids is 4. The lowest BCUT2D eigenvalue weighted by molar-refractivity contribution is -0.143. The molecular weight excluding hydrogens is 692 g/mol. The average Bonchev–Trinajstić information content (AvgIpc) is 3.93. The number of nitrogens with one attached hydrogen (secondary N) is 3. The maximum atomic E-state index is 14.5. The monoisotopic (exact) mass is 740 g/mol. The Hall–Kier alpha value is -4.31. The van der Waals surface area contributed by atoms with E-state index in [1.807, 2.05) is 42.0 Å². The molecule has 2 heterocycles. The van der Waals surface area contributed by atoms with Crippen LogP contribution >= 0.6 is 0 Å². The molecule has 1 unspecified atom stereocenters. The minimum absolute atomic E-state index is 0.0310. The molecule has 0 spiro atoms. The van der Waals surface area contributed by atoms with Crippen LogP contribution in [0.4, 0.5) is 4.79 Å². The molecule has 1 aliphatic heterocycles. The van der Waals surface area contributed by atoms with Crippen molar-refractivity contribution < 1.29 is 41.3 Å². The van der Waals surface area contributed by atoms with Crippen LogP contribution < -0.4 is 20.1 Å². The number of likely N-dealkylation sites (tertiary alicyclic amines) is 1. The third kappa shape index (κ3) is 8.82. The Kier molecular flexibility index (Phi) is 10.8. The highest BCUT2D eigenvalue weighted by molar-refractivity contribution is 7.85. The highest BCUT2D eigenvalue weighted by atomic mass is 32.2. The fraction of sp³-hybridized carbons (Fsp3) is 0.611. The summed E-state index contributed by atoms with van der Waals surface area (Å²) in [6.45, 7) is 7.21. The van der Waals surface area contributed by atoms with Crippen molar-refractivity contribution in [3.63, 3.8) is 0 Å². The van der Waals surface area contributed by atoms with E-state index in [-0.39, 0.29) is 37.3 Å². The van der Waals surface area contributed by atoms with E-state index in [0.29, 0.717) is 25.1 Å². The number of rotatable bonds is 13. The number of benzene rings is 1. The largest absolute Gasteiger partial charge is 0.472 e. The number of ether oxygens (including phenoxy) is 2. The van der Waals surface area contributed by atoms with Crippen molar-refractivity contribution >= 4 is 34.1 Å². The third-order valence-electron chi connectivity index (χ3n) is 10.1. The summed E-state index contributed by atoms with van der Waals surface area (Å²) >= 11 is 0. The van der Waals surface area contributed by atoms with Gasteiger partial charge in [0.2, 0.25) is 17.7 Å². The van der Waals surface area contributed by atoms with Crippen molar-refractivity contribution in [2.45, 2.75) is 121 Å². The van der Waals surface area contributed by atoms with E-state index in [9.17, 15) is 27.6 Å². The smallest absolute Gasteiger partial charge is 0.408 e. The van der Waals surface area contributed by atoms with Gasteiger partial charge < -0.3 is 25.0 Å². The van der Waals surface area contributed by atoms with Gasteiger partial charge in [-0.25, -0.2) is 14.5 Å². The second-order valence-electron chi connectivity index (χ2n) is 15.3. The molecule has 3 N–H and O–H groups in total. The van der Waals surface area contributed by atoms with Gasteiger partial charge in [0, 0.05) is 24.2 Å². The fourth-order valence-corrected chi connectivity index (χ4v) is 8.00. The Labute approximate surface area is 304 Å². The van der Waals surface area contributed by atoms with E-state index in [1.54, 1.807) is 33.0 Å². The van der Waals surface area contributed by atoms with Crippen LogP contribution in [0.5, 0.6) is 5.88 Å². The van der Waals surface area contributed by atoms with Crippen molar-refractivity contribution in [3.8, 4) is 17.3 Å². The predicted molar refractivity (Wildman–Crippen MR) is 188 cm³/mol. The molecule has 5 atom stereocenters. The molecule has 4 aliphatic rings. The summed E-state index contributed by atoms with van der Waals surface area (Å²) in [5.74, 6) is -1.74. The Bertz CT molecular complexity index is 1760. The molecule has 2 aromatic rings. The summed E-state index contributed by atoms with van der Waals surface area (Å²) in [4.78, 5) is 65.5. The van der Waals surface area contributed by atoms with E-state index < -0.39 is 69.4 Å². The second kappa shape index (κ2) is 15.0. The highest BCUT2D eigenvalue weighted by Gasteiger charge is 2.62. The molecule has 6 rings (SSSR count). The molecule has 0 radical (unpaired) electrons. The van der Waals surface area contributed by atoms with E-state index in [2.05, 4.69) is 20.6 Å². The lowest BCUT2D eigenvalue weighted by Crippen LogP contribution is -2.60. The molecule has 4 fully saturated rings. The topological polar surface area (TPSA) is 195 Å². The van der Waals surface area contributed by atoms with Crippen LogP contribution in [0.3, 0.4) is 0 Å². The van der Waals surface area contributed by atoms with Crippen LogP contribution in [0.1, 0.15) is 85.5 Å². The van der Waals surface area contributed by atoms with Crippen molar-refractivity contribution in [2.75, 3.05) is 6.54 Å². The summed E-state index contributed by atoms with van der Waals surface area (Å²) in [7, 11) is -4.39. The number of nitrogens with zero attached hydrogens (tertiary/aromatic N) is 3. The molecule has 4 amide bonds. The first-order chi connectivity index (χ1) is 24.7. The molecule has 3 saturated carbocycles. The molecule has 3 aliphatic carbocycles. The highest BCUT2D eigenvalue weighted by Crippen LogP contribution is 2.46. The molecule has 1 saturated heterocycles. The van der Waals surface area contributed by atoms with E-state index in [4.69, 9.17) is 13.7 Å². The number of hydrogen-bond acceptors (Lipinski definition) is 11. The first-order valence-electron chi connectivity index (χ1n) is 18.1. The van der Waals surface area contributed by atoms with Crippen molar-refractivity contribution in [1.29, 1.82) is 0 Å². The normalized spacial score (nSPS) is 25.2. The van der Waals surface area contributed by atoms with Gasteiger partial charge in [0.15, 0.2) is 5.82 Å². The van der Waals surface area contributed by atoms with Crippen LogP contribution in [0.25, 0.3) is 11.4 Å². The number of amides is 4. The lowest BCUT2D eigenvalue weighted by Gasteiger charge is -2.35. The Morgan fingerprint density at radius 2 is 1.71 bits per heavy atom. The van der Waals surface area contributed by atoms with Gasteiger partial charge in [-0.2, -0.15) is 13.4 Å². The van der Waals surface area contributed by atoms with Crippen LogP contribution in [0.2, 0.25) is 0 Å². The predicted octanol–water partition coefficient (Wildman–Crippen LogP) is 3.40. The molecule has 52 heavy (non-hydrogen) atoms. The van der Waals surface area contributed by atoms with Crippen molar-refractivity contribution in [3.05, 3.63) is 42.6 Å². The molecule has 1 aromatic heterocycles. The summed E-state index contributed by atoms with van der Waals surface area (Å²) < 4.78 is 44.0. The zero-order chi connectivity index (χ0) is 37.3. The minimum atomic E-state index is -4.39. The van der Waals surface area contributed by atoms with Crippen LogP contribution in [-0.4, -0.2) is 89.6 Å². The molecule has 282 valence electrons. The standard InChI is InChI=1S/C36H48N6O9S/c1-5-23-20-36(23,33(45)41-52(47,48)51-25-15-16-25)40-31(43)27-19-26(49-28-17-18-37-30(38-28)22-11-7-6-8-12-22)21-42(27)32(44)29(35(2,3)4)39-34(46)50-24-13-9-10-14-24/h6-8,11-12,17-18,23-27,29H,5,9-10,13-16,19-21H2,1-4H3,(H,39,46)(H,40,43)(H,41,45)/t23?,26-,27+,29-,36-/m1/s1. The van der Waals surface area contributed by atoms with Gasteiger partial charge >= 0.3 is 16.4 Å². The van der Waals surface area contributed by atoms with E-state index in [0.717, 1.165) is 31.2 Å². The minimum Gasteiger partial charge on any atom is -0.472 e. The first-order valence-corrected chi connectivity index (χ1v) is 19.5. The van der Waals surface area contributed by atoms with Gasteiger partial charge in [0.05, 0.1) is 12.6 Å². The van der Waals surface area contributed by atoms with E-state index in [1.165, 1.54) is 4.90 Å². The van der Waals surface area contributed by atoms with Crippen LogP contribution in [0.15, 0.2) is 42.6 Å². The molecule has 16 heteroatoms. The van der Waals surface area contributed by atoms with Crippen molar-refractivity contribution in [1.82, 2.24) is 30.2 Å². The molecule has 0 bridgehead atoms. The van der Waals surface area contributed by atoms with Gasteiger partial charge in [-0.3, -0.25) is 18.6 Å². The fourth-order valence-electron chi connectivity index (χ4n) is 6.99. The third-order valence-corrected chi connectivity index (χ3v) is 11.1. The van der Waals surface area contributed by atoms with Gasteiger partial charge in [0.1, 0.15) is 29.8 Å². The Morgan fingerprint density at radius 3 is 2.35 bits per heavy atom. The summed E-state index contributed by atoms with van der Waals surface area (Å²) in [5.41, 5.74) is -1.52. The van der Waals surface area contributed by atoms with Crippen LogP contribution in [0, 0.1) is 11.3 Å². The summed E-state index contributed by atoms with van der Waals surface area (Å²) in [6.07, 6.45) is 4.78. The lowest BCUT2D eigenvalue weighted by atomic mass is 9.85. The van der Waals surface area contributed by atoms with Gasteiger partial charge in [-0.1, -0.05) is 64.4 Å². The maximum Gasteiger partial charge on any atom is 0.408 e.